The molecule has 2 saturated heterocycles. The van der Waals surface area contributed by atoms with Crippen molar-refractivity contribution < 1.29 is 9.90 Å². The third kappa shape index (κ3) is 2.55. The molecule has 2 aliphatic heterocycles. The van der Waals surface area contributed by atoms with E-state index in [0.717, 1.165) is 18.8 Å². The summed E-state index contributed by atoms with van der Waals surface area (Å²) >= 11 is 0. The summed E-state index contributed by atoms with van der Waals surface area (Å²) in [5.74, 6) is -0.0294. The molecule has 20 heavy (non-hydrogen) atoms. The highest BCUT2D eigenvalue weighted by atomic mass is 16.3. The van der Waals surface area contributed by atoms with Gasteiger partial charge in [-0.05, 0) is 45.0 Å². The Labute approximate surface area is 119 Å². The molecule has 3 heterocycles. The molecule has 1 N–H and O–H groups in total. The number of aliphatic hydroxyl groups excluding tert-OH is 1. The second-order valence-electron chi connectivity index (χ2n) is 5.78. The van der Waals surface area contributed by atoms with E-state index < -0.39 is 6.10 Å². The summed E-state index contributed by atoms with van der Waals surface area (Å²) in [7, 11) is 0. The number of nitrogens with zero attached hydrogens (tertiary/aromatic N) is 3. The zero-order valence-corrected chi connectivity index (χ0v) is 11.8. The van der Waals surface area contributed by atoms with E-state index in [1.54, 1.807) is 17.2 Å². The minimum atomic E-state index is -0.435. The van der Waals surface area contributed by atoms with Crippen LogP contribution in [-0.4, -0.2) is 64.1 Å². The number of hydrogen-bond acceptors (Lipinski definition) is 4. The maximum Gasteiger partial charge on any atom is 0.255 e. The van der Waals surface area contributed by atoms with Crippen molar-refractivity contribution in [2.75, 3.05) is 26.2 Å². The molecule has 108 valence electrons. The van der Waals surface area contributed by atoms with Crippen molar-refractivity contribution in [1.29, 1.82) is 0 Å². The Bertz CT molecular complexity index is 482. The fraction of sp³-hybridized carbons (Fsp3) is 0.600. The van der Waals surface area contributed by atoms with Gasteiger partial charge in [-0.15, -0.1) is 0 Å². The number of hydrogen-bond donors (Lipinski definition) is 1. The van der Waals surface area contributed by atoms with Crippen molar-refractivity contribution in [1.82, 2.24) is 14.8 Å². The molecule has 0 unspecified atom stereocenters. The topological polar surface area (TPSA) is 56.7 Å². The molecule has 3 rings (SSSR count). The van der Waals surface area contributed by atoms with Crippen LogP contribution >= 0.6 is 0 Å². The van der Waals surface area contributed by atoms with Gasteiger partial charge in [-0.1, -0.05) is 0 Å². The minimum Gasteiger partial charge on any atom is -0.390 e. The molecule has 1 aromatic rings. The van der Waals surface area contributed by atoms with Gasteiger partial charge in [-0.2, -0.15) is 0 Å². The molecule has 5 nitrogen and oxygen atoms in total. The molecule has 0 aliphatic carbocycles. The third-order valence-electron chi connectivity index (χ3n) is 4.31. The van der Waals surface area contributed by atoms with Crippen molar-refractivity contribution in [3.63, 3.8) is 0 Å². The van der Waals surface area contributed by atoms with Crippen LogP contribution in [0.1, 0.15) is 28.9 Å². The van der Waals surface area contributed by atoms with E-state index in [1.807, 2.05) is 13.0 Å². The summed E-state index contributed by atoms with van der Waals surface area (Å²) in [6.07, 6.45) is 3.57. The molecule has 0 bridgehead atoms. The number of rotatable bonds is 2. The number of aryl methyl sites for hydroxylation is 1. The van der Waals surface area contributed by atoms with E-state index in [0.29, 0.717) is 18.7 Å². The normalized spacial score (nSPS) is 27.2. The van der Waals surface area contributed by atoms with Crippen LogP contribution in [0.5, 0.6) is 0 Å². The number of aliphatic hydroxyl groups is 1. The summed E-state index contributed by atoms with van der Waals surface area (Å²) in [6, 6.07) is 3.75. The number of carbonyl (C=O) groups is 1. The zero-order valence-electron chi connectivity index (χ0n) is 11.8. The van der Waals surface area contributed by atoms with Gasteiger partial charge < -0.3 is 10.0 Å². The summed E-state index contributed by atoms with van der Waals surface area (Å²) in [4.78, 5) is 20.6. The Hall–Kier alpha value is -1.46. The summed E-state index contributed by atoms with van der Waals surface area (Å²) < 4.78 is 0. The second-order valence-corrected chi connectivity index (χ2v) is 5.78. The van der Waals surface area contributed by atoms with Crippen LogP contribution in [0.25, 0.3) is 0 Å². The number of aromatic nitrogens is 1. The van der Waals surface area contributed by atoms with E-state index in [1.165, 1.54) is 12.8 Å². The van der Waals surface area contributed by atoms with E-state index >= 15 is 0 Å². The van der Waals surface area contributed by atoms with Crippen LogP contribution < -0.4 is 0 Å². The maximum atomic E-state index is 12.4. The fourth-order valence-electron chi connectivity index (χ4n) is 3.14. The first-order chi connectivity index (χ1) is 9.65. The number of pyridine rings is 1. The quantitative estimate of drug-likeness (QED) is 0.862. The van der Waals surface area contributed by atoms with Crippen molar-refractivity contribution in [2.24, 2.45) is 0 Å². The molecule has 2 aliphatic rings. The molecular weight excluding hydrogens is 254 g/mol. The highest BCUT2D eigenvalue weighted by molar-refractivity contribution is 5.94. The van der Waals surface area contributed by atoms with Gasteiger partial charge in [-0.3, -0.25) is 14.7 Å². The predicted octanol–water partition coefficient (Wildman–Crippen LogP) is 0.671. The lowest BCUT2D eigenvalue weighted by atomic mass is 10.2. The molecule has 0 spiro atoms. The monoisotopic (exact) mass is 275 g/mol. The SMILES string of the molecule is Cc1ccc(C(=O)N2C[C@@H](O)[C@H](N3CCCC3)C2)cn1. The van der Waals surface area contributed by atoms with Gasteiger partial charge >= 0.3 is 0 Å². The number of likely N-dealkylation sites (tertiary alicyclic amines) is 2. The Balaban J connectivity index is 1.69. The van der Waals surface area contributed by atoms with Crippen molar-refractivity contribution in [2.45, 2.75) is 31.9 Å². The predicted molar refractivity (Wildman–Crippen MR) is 75.5 cm³/mol. The number of amides is 1. The highest BCUT2D eigenvalue weighted by Gasteiger charge is 2.38. The van der Waals surface area contributed by atoms with Crippen LogP contribution in [0.15, 0.2) is 18.3 Å². The van der Waals surface area contributed by atoms with Gasteiger partial charge in [0, 0.05) is 25.0 Å². The van der Waals surface area contributed by atoms with Gasteiger partial charge in [0.15, 0.2) is 0 Å². The Kier molecular flexibility index (Phi) is 3.72. The van der Waals surface area contributed by atoms with E-state index in [4.69, 9.17) is 0 Å². The first kappa shape index (κ1) is 13.5. The lowest BCUT2D eigenvalue weighted by Crippen LogP contribution is -2.41. The molecule has 1 aromatic heterocycles. The Morgan fingerprint density at radius 3 is 2.70 bits per heavy atom. The first-order valence-electron chi connectivity index (χ1n) is 7.29. The van der Waals surface area contributed by atoms with Crippen molar-refractivity contribution >= 4 is 5.91 Å². The molecule has 0 saturated carbocycles. The molecule has 5 heteroatoms. The smallest absolute Gasteiger partial charge is 0.255 e. The van der Waals surface area contributed by atoms with E-state index in [2.05, 4.69) is 9.88 Å². The summed E-state index contributed by atoms with van der Waals surface area (Å²) in [6.45, 7) is 5.02. The molecule has 0 aromatic carbocycles. The van der Waals surface area contributed by atoms with Crippen LogP contribution in [0.3, 0.4) is 0 Å². The van der Waals surface area contributed by atoms with E-state index in [-0.39, 0.29) is 11.9 Å². The van der Waals surface area contributed by atoms with Crippen LogP contribution in [-0.2, 0) is 0 Å². The standard InChI is InChI=1S/C15H21N3O2/c1-11-4-5-12(8-16-11)15(20)18-9-13(14(19)10-18)17-6-2-3-7-17/h4-5,8,13-14,19H,2-3,6-7,9-10H2,1H3/t13-,14-/m1/s1. The third-order valence-corrected chi connectivity index (χ3v) is 4.31. The largest absolute Gasteiger partial charge is 0.390 e. The minimum absolute atomic E-state index is 0.0294. The van der Waals surface area contributed by atoms with Crippen LogP contribution in [0.2, 0.25) is 0 Å². The van der Waals surface area contributed by atoms with Gasteiger partial charge in [0.05, 0.1) is 17.7 Å². The maximum absolute atomic E-state index is 12.4. The lowest BCUT2D eigenvalue weighted by Gasteiger charge is -2.25. The summed E-state index contributed by atoms with van der Waals surface area (Å²) in [5.41, 5.74) is 1.50. The second kappa shape index (κ2) is 5.50. The summed E-state index contributed by atoms with van der Waals surface area (Å²) in [5, 5.41) is 10.2. The first-order valence-corrected chi connectivity index (χ1v) is 7.29. The van der Waals surface area contributed by atoms with Gasteiger partial charge in [0.25, 0.3) is 5.91 Å². The fourth-order valence-corrected chi connectivity index (χ4v) is 3.14. The average Bonchev–Trinajstić information content (AvgIpc) is 3.07. The molecular formula is C15H21N3O2. The molecule has 2 atom stereocenters. The van der Waals surface area contributed by atoms with Gasteiger partial charge in [0.1, 0.15) is 0 Å². The van der Waals surface area contributed by atoms with Gasteiger partial charge in [-0.25, -0.2) is 0 Å². The van der Waals surface area contributed by atoms with Gasteiger partial charge in [0.2, 0.25) is 0 Å². The molecule has 0 radical (unpaired) electrons. The van der Waals surface area contributed by atoms with Crippen molar-refractivity contribution in [3.05, 3.63) is 29.6 Å². The molecule has 2 fully saturated rings. The highest BCUT2D eigenvalue weighted by Crippen LogP contribution is 2.22. The Morgan fingerprint density at radius 2 is 2.05 bits per heavy atom. The number of carbonyl (C=O) groups excluding carboxylic acids is 1. The van der Waals surface area contributed by atoms with Crippen LogP contribution in [0, 0.1) is 6.92 Å². The molecule has 1 amide bonds. The number of β-amino-alcohol motifs (C(OH)–C–C–N with tert-alkyl or cyclic N) is 1. The van der Waals surface area contributed by atoms with E-state index in [9.17, 15) is 9.90 Å². The van der Waals surface area contributed by atoms with Crippen molar-refractivity contribution in [3.8, 4) is 0 Å². The zero-order chi connectivity index (χ0) is 14.1. The Morgan fingerprint density at radius 1 is 1.30 bits per heavy atom. The lowest BCUT2D eigenvalue weighted by molar-refractivity contribution is 0.0763. The average molecular weight is 275 g/mol. The van der Waals surface area contributed by atoms with Crippen LogP contribution in [0.4, 0.5) is 0 Å².